The Kier molecular flexibility index (Phi) is 4.32. The molecular formula is C14H19NO2. The number of ether oxygens (including phenoxy) is 1. The lowest BCUT2D eigenvalue weighted by Crippen LogP contribution is -2.15. The molecule has 0 saturated carbocycles. The van der Waals surface area contributed by atoms with E-state index >= 15 is 0 Å². The maximum Gasteiger partial charge on any atom is 0.333 e. The van der Waals surface area contributed by atoms with E-state index in [1.54, 1.807) is 6.92 Å². The second-order valence-electron chi connectivity index (χ2n) is 4.28. The quantitative estimate of drug-likeness (QED) is 0.591. The number of carbonyl (C=O) groups is 1. The van der Waals surface area contributed by atoms with Crippen LogP contribution in [0.1, 0.15) is 25.5 Å². The van der Waals surface area contributed by atoms with Gasteiger partial charge < -0.3 is 9.64 Å². The Morgan fingerprint density at radius 3 is 2.47 bits per heavy atom. The lowest BCUT2D eigenvalue weighted by molar-refractivity contribution is -0.143. The summed E-state index contributed by atoms with van der Waals surface area (Å²) in [4.78, 5) is 13.5. The van der Waals surface area contributed by atoms with E-state index in [1.165, 1.54) is 0 Å². The van der Waals surface area contributed by atoms with E-state index in [9.17, 15) is 4.79 Å². The Morgan fingerprint density at radius 2 is 1.94 bits per heavy atom. The molecule has 1 atom stereocenters. The first-order valence-corrected chi connectivity index (χ1v) is 5.56. The van der Waals surface area contributed by atoms with Crippen molar-refractivity contribution in [3.8, 4) is 0 Å². The highest BCUT2D eigenvalue weighted by Crippen LogP contribution is 2.27. The van der Waals surface area contributed by atoms with Gasteiger partial charge in [-0.25, -0.2) is 4.79 Å². The van der Waals surface area contributed by atoms with Crippen LogP contribution in [0.15, 0.2) is 36.4 Å². The molecule has 0 amide bonds. The molecule has 1 aromatic carbocycles. The van der Waals surface area contributed by atoms with Gasteiger partial charge in [0.25, 0.3) is 0 Å². The van der Waals surface area contributed by atoms with Crippen LogP contribution in [-0.4, -0.2) is 20.1 Å². The summed E-state index contributed by atoms with van der Waals surface area (Å²) < 4.78 is 5.32. The molecule has 17 heavy (non-hydrogen) atoms. The molecule has 0 aliphatic rings. The van der Waals surface area contributed by atoms with Crippen molar-refractivity contribution in [2.24, 2.45) is 0 Å². The van der Waals surface area contributed by atoms with Gasteiger partial charge in [-0.3, -0.25) is 0 Å². The first-order chi connectivity index (χ1) is 7.93. The van der Waals surface area contributed by atoms with Crippen molar-refractivity contribution in [1.29, 1.82) is 0 Å². The average molecular weight is 233 g/mol. The third-order valence-electron chi connectivity index (χ3n) is 2.49. The second kappa shape index (κ2) is 5.53. The summed E-state index contributed by atoms with van der Waals surface area (Å²) in [5.74, 6) is -0.356. The van der Waals surface area contributed by atoms with Gasteiger partial charge in [0.05, 0.1) is 0 Å². The number of esters is 1. The monoisotopic (exact) mass is 233 g/mol. The summed E-state index contributed by atoms with van der Waals surface area (Å²) in [5, 5.41) is 0. The third kappa shape index (κ3) is 3.34. The number of rotatable bonds is 4. The first kappa shape index (κ1) is 13.3. The third-order valence-corrected chi connectivity index (χ3v) is 2.49. The van der Waals surface area contributed by atoms with Crippen LogP contribution < -0.4 is 4.90 Å². The summed E-state index contributed by atoms with van der Waals surface area (Å²) in [6, 6.07) is 7.87. The summed E-state index contributed by atoms with van der Waals surface area (Å²) in [6.07, 6.45) is -0.280. The van der Waals surface area contributed by atoms with Gasteiger partial charge >= 0.3 is 5.97 Å². The predicted octanol–water partition coefficient (Wildman–Crippen LogP) is 2.93. The number of hydrogen-bond acceptors (Lipinski definition) is 3. The fraction of sp³-hybridized carbons (Fsp3) is 0.357. The first-order valence-electron chi connectivity index (χ1n) is 5.56. The van der Waals surface area contributed by atoms with Gasteiger partial charge in [0, 0.05) is 30.9 Å². The Bertz CT molecular complexity index is 424. The van der Waals surface area contributed by atoms with Crippen LogP contribution >= 0.6 is 0 Å². The molecule has 3 nitrogen and oxygen atoms in total. The number of carbonyl (C=O) groups excluding carboxylic acids is 1. The molecule has 0 spiro atoms. The van der Waals surface area contributed by atoms with E-state index in [0.29, 0.717) is 5.57 Å². The molecular weight excluding hydrogens is 214 g/mol. The van der Waals surface area contributed by atoms with Crippen LogP contribution in [0, 0.1) is 0 Å². The number of nitrogens with zero attached hydrogens (tertiary/aromatic N) is 1. The van der Waals surface area contributed by atoms with E-state index in [2.05, 4.69) is 6.58 Å². The minimum Gasteiger partial charge on any atom is -0.454 e. The Balaban J connectivity index is 2.92. The van der Waals surface area contributed by atoms with Crippen LogP contribution in [0.5, 0.6) is 0 Å². The zero-order chi connectivity index (χ0) is 13.0. The molecule has 1 aromatic rings. The van der Waals surface area contributed by atoms with Crippen LogP contribution in [0.4, 0.5) is 5.69 Å². The number of hydrogen-bond donors (Lipinski definition) is 0. The molecule has 0 aromatic heterocycles. The van der Waals surface area contributed by atoms with Crippen LogP contribution in [-0.2, 0) is 9.53 Å². The molecule has 0 saturated heterocycles. The highest BCUT2D eigenvalue weighted by Gasteiger charge is 2.15. The molecule has 0 heterocycles. The SMILES string of the molecule is C=C(C)C(=O)OC(C)c1ccccc1N(C)C. The van der Waals surface area contributed by atoms with Crippen molar-refractivity contribution >= 4 is 11.7 Å². The van der Waals surface area contributed by atoms with Gasteiger partial charge in [-0.2, -0.15) is 0 Å². The number of para-hydroxylation sites is 1. The average Bonchev–Trinajstić information content (AvgIpc) is 2.28. The lowest BCUT2D eigenvalue weighted by atomic mass is 10.1. The molecule has 0 fully saturated rings. The number of anilines is 1. The maximum absolute atomic E-state index is 11.5. The van der Waals surface area contributed by atoms with Crippen LogP contribution in [0.3, 0.4) is 0 Å². The fourth-order valence-corrected chi connectivity index (χ4v) is 1.56. The van der Waals surface area contributed by atoms with Crippen LogP contribution in [0.2, 0.25) is 0 Å². The summed E-state index contributed by atoms with van der Waals surface area (Å²) in [7, 11) is 3.93. The summed E-state index contributed by atoms with van der Waals surface area (Å²) in [5.41, 5.74) is 2.46. The minimum absolute atomic E-state index is 0.280. The van der Waals surface area contributed by atoms with Gasteiger partial charge in [0.2, 0.25) is 0 Å². The van der Waals surface area contributed by atoms with E-state index < -0.39 is 0 Å². The molecule has 0 aliphatic heterocycles. The van der Waals surface area contributed by atoms with Crippen molar-refractivity contribution in [2.45, 2.75) is 20.0 Å². The topological polar surface area (TPSA) is 29.5 Å². The lowest BCUT2D eigenvalue weighted by Gasteiger charge is -2.21. The molecule has 0 bridgehead atoms. The van der Waals surface area contributed by atoms with Gasteiger partial charge in [-0.05, 0) is 19.9 Å². The van der Waals surface area contributed by atoms with Gasteiger partial charge in [0.1, 0.15) is 6.10 Å². The summed E-state index contributed by atoms with van der Waals surface area (Å²) in [6.45, 7) is 7.08. The smallest absolute Gasteiger partial charge is 0.333 e. The highest BCUT2D eigenvalue weighted by atomic mass is 16.5. The van der Waals surface area contributed by atoms with Crippen LogP contribution in [0.25, 0.3) is 0 Å². The zero-order valence-corrected chi connectivity index (χ0v) is 10.9. The van der Waals surface area contributed by atoms with E-state index in [1.807, 2.05) is 50.2 Å². The Morgan fingerprint density at radius 1 is 1.35 bits per heavy atom. The van der Waals surface area contributed by atoms with Crippen molar-refractivity contribution in [3.63, 3.8) is 0 Å². The van der Waals surface area contributed by atoms with Crippen molar-refractivity contribution in [1.82, 2.24) is 0 Å². The van der Waals surface area contributed by atoms with Crippen molar-refractivity contribution < 1.29 is 9.53 Å². The standard InChI is InChI=1S/C14H19NO2/c1-10(2)14(16)17-11(3)12-8-6-7-9-13(12)15(4)5/h6-9,11H,1H2,2-5H3. The second-order valence-corrected chi connectivity index (χ2v) is 4.28. The normalized spacial score (nSPS) is 11.8. The van der Waals surface area contributed by atoms with Crippen molar-refractivity contribution in [2.75, 3.05) is 19.0 Å². The van der Waals surface area contributed by atoms with Gasteiger partial charge in [0.15, 0.2) is 0 Å². The molecule has 1 unspecified atom stereocenters. The van der Waals surface area contributed by atoms with Gasteiger partial charge in [-0.15, -0.1) is 0 Å². The Hall–Kier alpha value is -1.77. The minimum atomic E-state index is -0.356. The molecule has 92 valence electrons. The Labute approximate surface area is 103 Å². The highest BCUT2D eigenvalue weighted by molar-refractivity contribution is 5.87. The zero-order valence-electron chi connectivity index (χ0n) is 10.9. The van der Waals surface area contributed by atoms with Gasteiger partial charge in [-0.1, -0.05) is 24.8 Å². The van der Waals surface area contributed by atoms with E-state index in [0.717, 1.165) is 11.3 Å². The molecule has 3 heteroatoms. The largest absolute Gasteiger partial charge is 0.454 e. The fourth-order valence-electron chi connectivity index (χ4n) is 1.56. The number of benzene rings is 1. The van der Waals surface area contributed by atoms with Crippen molar-refractivity contribution in [3.05, 3.63) is 42.0 Å². The summed E-state index contributed by atoms with van der Waals surface area (Å²) >= 11 is 0. The maximum atomic E-state index is 11.5. The molecule has 0 radical (unpaired) electrons. The van der Waals surface area contributed by atoms with E-state index in [-0.39, 0.29) is 12.1 Å². The van der Waals surface area contributed by atoms with E-state index in [4.69, 9.17) is 4.74 Å². The molecule has 1 rings (SSSR count). The predicted molar refractivity (Wildman–Crippen MR) is 70.1 cm³/mol. The molecule has 0 aliphatic carbocycles. The molecule has 0 N–H and O–H groups in total.